The van der Waals surface area contributed by atoms with Crippen molar-refractivity contribution < 1.29 is 4.79 Å². The minimum absolute atomic E-state index is 0.0214. The summed E-state index contributed by atoms with van der Waals surface area (Å²) in [5.74, 6) is 0.865. The number of carbonyl (C=O) groups excluding carboxylic acids is 1. The second-order valence-corrected chi connectivity index (χ2v) is 8.29. The Morgan fingerprint density at radius 3 is 2.81 bits per heavy atom. The van der Waals surface area contributed by atoms with Crippen molar-refractivity contribution in [3.63, 3.8) is 0 Å². The molecule has 0 N–H and O–H groups in total. The molecular weight excluding hydrogens is 360 g/mol. The van der Waals surface area contributed by atoms with Gasteiger partial charge in [0.25, 0.3) is 5.56 Å². The molecule has 0 spiro atoms. The Balaban J connectivity index is 1.84. The van der Waals surface area contributed by atoms with Crippen LogP contribution in [0.25, 0.3) is 16.7 Å². The predicted octanol–water partition coefficient (Wildman–Crippen LogP) is 3.84. The second-order valence-electron chi connectivity index (χ2n) is 7.12. The number of rotatable bonds is 6. The lowest BCUT2D eigenvalue weighted by atomic mass is 9.99. The summed E-state index contributed by atoms with van der Waals surface area (Å²) >= 11 is 1.49. The van der Waals surface area contributed by atoms with Crippen LogP contribution in [0.4, 0.5) is 0 Å². The Morgan fingerprint density at radius 2 is 2.00 bits per heavy atom. The highest BCUT2D eigenvalue weighted by molar-refractivity contribution is 8.00. The number of para-hydroxylation sites is 1. The van der Waals surface area contributed by atoms with Gasteiger partial charge in [-0.2, -0.15) is 0 Å². The fourth-order valence-corrected chi connectivity index (χ4v) is 4.90. The van der Waals surface area contributed by atoms with Crippen LogP contribution in [0.1, 0.15) is 51.9 Å². The summed E-state index contributed by atoms with van der Waals surface area (Å²) in [6, 6.07) is 7.58. The molecule has 2 heterocycles. The summed E-state index contributed by atoms with van der Waals surface area (Å²) in [5, 5.41) is 10.0. The fraction of sp³-hybridized carbons (Fsp3) is 0.500. The molecule has 1 atom stereocenters. The third-order valence-electron chi connectivity index (χ3n) is 5.21. The normalized spacial score (nSPS) is 17.8. The summed E-state index contributed by atoms with van der Waals surface area (Å²) in [5.41, 5.74) is 0.784. The van der Waals surface area contributed by atoms with Gasteiger partial charge in [0.1, 0.15) is 5.78 Å². The van der Waals surface area contributed by atoms with E-state index in [1.165, 1.54) is 11.8 Å². The molecule has 7 heteroatoms. The molecule has 27 heavy (non-hydrogen) atoms. The maximum absolute atomic E-state index is 13.0. The summed E-state index contributed by atoms with van der Waals surface area (Å²) < 4.78 is 3.69. The van der Waals surface area contributed by atoms with E-state index in [0.29, 0.717) is 35.1 Å². The molecule has 1 aromatic carbocycles. The smallest absolute Gasteiger partial charge is 0.262 e. The topological polar surface area (TPSA) is 69.3 Å². The van der Waals surface area contributed by atoms with Crippen LogP contribution < -0.4 is 5.56 Å². The number of aromatic nitrogens is 4. The lowest BCUT2D eigenvalue weighted by Gasteiger charge is -2.19. The Bertz CT molecular complexity index is 1040. The quantitative estimate of drug-likeness (QED) is 0.604. The Kier molecular flexibility index (Phi) is 5.29. The minimum Gasteiger partial charge on any atom is -0.298 e. The number of aryl methyl sites for hydroxylation is 1. The SMILES string of the molecule is CCCCCn1c(=O)c2ccccc2n2c(SC3CCCCC3=O)nnc12. The van der Waals surface area contributed by atoms with Crippen molar-refractivity contribution in [2.24, 2.45) is 0 Å². The van der Waals surface area contributed by atoms with Gasteiger partial charge in [0.15, 0.2) is 5.16 Å². The number of fused-ring (bicyclic) bond motifs is 3. The van der Waals surface area contributed by atoms with Gasteiger partial charge in [-0.1, -0.05) is 50.1 Å². The molecule has 1 unspecified atom stereocenters. The van der Waals surface area contributed by atoms with E-state index in [2.05, 4.69) is 17.1 Å². The molecule has 3 aromatic rings. The molecule has 1 fully saturated rings. The molecule has 0 saturated heterocycles. The van der Waals surface area contributed by atoms with Crippen LogP contribution in [0.3, 0.4) is 0 Å². The van der Waals surface area contributed by atoms with E-state index >= 15 is 0 Å². The number of nitrogens with zero attached hydrogens (tertiary/aromatic N) is 4. The van der Waals surface area contributed by atoms with Crippen LogP contribution >= 0.6 is 11.8 Å². The largest absolute Gasteiger partial charge is 0.298 e. The zero-order valence-electron chi connectivity index (χ0n) is 15.6. The molecule has 1 aliphatic rings. The molecule has 4 rings (SSSR count). The van der Waals surface area contributed by atoms with E-state index in [9.17, 15) is 9.59 Å². The third-order valence-corrected chi connectivity index (χ3v) is 6.47. The van der Waals surface area contributed by atoms with Crippen molar-refractivity contribution in [2.45, 2.75) is 68.8 Å². The van der Waals surface area contributed by atoms with Gasteiger partial charge in [-0.3, -0.25) is 18.6 Å². The molecule has 142 valence electrons. The maximum Gasteiger partial charge on any atom is 0.262 e. The standard InChI is InChI=1S/C20H24N4O2S/c1-2-3-8-13-23-18(26)14-9-4-5-10-15(14)24-19(23)21-22-20(24)27-17-12-7-6-11-16(17)25/h4-5,9-10,17H,2-3,6-8,11-13H2,1H3. The van der Waals surface area contributed by atoms with Crippen molar-refractivity contribution in [3.8, 4) is 0 Å². The Morgan fingerprint density at radius 1 is 1.15 bits per heavy atom. The molecule has 6 nitrogen and oxygen atoms in total. The molecule has 1 saturated carbocycles. The molecule has 2 aromatic heterocycles. The van der Waals surface area contributed by atoms with Crippen molar-refractivity contribution in [1.82, 2.24) is 19.2 Å². The Labute approximate surface area is 162 Å². The van der Waals surface area contributed by atoms with E-state index in [1.807, 2.05) is 28.7 Å². The third kappa shape index (κ3) is 3.40. The molecule has 0 aliphatic heterocycles. The van der Waals surface area contributed by atoms with Crippen LogP contribution in [0.2, 0.25) is 0 Å². The van der Waals surface area contributed by atoms with E-state index in [1.54, 1.807) is 4.57 Å². The first-order chi connectivity index (χ1) is 13.2. The average Bonchev–Trinajstić information content (AvgIpc) is 3.10. The number of Topliss-reactive ketones (excluding diaryl/α,β-unsaturated/α-hetero) is 1. The first-order valence-electron chi connectivity index (χ1n) is 9.76. The van der Waals surface area contributed by atoms with Crippen molar-refractivity contribution >= 4 is 34.2 Å². The van der Waals surface area contributed by atoms with Gasteiger partial charge in [-0.25, -0.2) is 0 Å². The number of carbonyl (C=O) groups is 1. The lowest BCUT2D eigenvalue weighted by Crippen LogP contribution is -2.24. The maximum atomic E-state index is 13.0. The molecule has 0 bridgehead atoms. The van der Waals surface area contributed by atoms with Crippen molar-refractivity contribution in [3.05, 3.63) is 34.6 Å². The number of unbranched alkanes of at least 4 members (excludes halogenated alkanes) is 2. The zero-order chi connectivity index (χ0) is 18.8. The van der Waals surface area contributed by atoms with Gasteiger partial charge in [0.2, 0.25) is 5.78 Å². The van der Waals surface area contributed by atoms with E-state index in [4.69, 9.17) is 0 Å². The average molecular weight is 385 g/mol. The highest BCUT2D eigenvalue weighted by atomic mass is 32.2. The van der Waals surface area contributed by atoms with Crippen molar-refractivity contribution in [2.75, 3.05) is 0 Å². The molecule has 0 radical (unpaired) electrons. The van der Waals surface area contributed by atoms with Crippen LogP contribution in [-0.4, -0.2) is 30.2 Å². The molecular formula is C20H24N4O2S. The summed E-state index contributed by atoms with van der Waals surface area (Å²) in [7, 11) is 0. The van der Waals surface area contributed by atoms with Crippen LogP contribution in [0.15, 0.2) is 34.2 Å². The second kappa shape index (κ2) is 7.84. The van der Waals surface area contributed by atoms with Gasteiger partial charge in [-0.15, -0.1) is 10.2 Å². The van der Waals surface area contributed by atoms with E-state index < -0.39 is 0 Å². The first-order valence-corrected chi connectivity index (χ1v) is 10.6. The zero-order valence-corrected chi connectivity index (χ0v) is 16.4. The van der Waals surface area contributed by atoms with Crippen LogP contribution in [0, 0.1) is 0 Å². The molecule has 1 aliphatic carbocycles. The first kappa shape index (κ1) is 18.2. The minimum atomic E-state index is -0.0645. The number of hydrogen-bond acceptors (Lipinski definition) is 5. The number of benzene rings is 1. The highest BCUT2D eigenvalue weighted by Gasteiger charge is 2.26. The van der Waals surface area contributed by atoms with Crippen LogP contribution in [0.5, 0.6) is 0 Å². The van der Waals surface area contributed by atoms with Crippen LogP contribution in [-0.2, 0) is 11.3 Å². The monoisotopic (exact) mass is 384 g/mol. The highest BCUT2D eigenvalue weighted by Crippen LogP contribution is 2.31. The molecule has 0 amide bonds. The summed E-state index contributed by atoms with van der Waals surface area (Å²) in [6.07, 6.45) is 6.68. The lowest BCUT2D eigenvalue weighted by molar-refractivity contribution is -0.119. The van der Waals surface area contributed by atoms with Gasteiger partial charge >= 0.3 is 0 Å². The summed E-state index contributed by atoms with van der Waals surface area (Å²) in [6.45, 7) is 2.78. The number of hydrogen-bond donors (Lipinski definition) is 0. The van der Waals surface area contributed by atoms with Gasteiger partial charge in [0.05, 0.1) is 16.2 Å². The fourth-order valence-electron chi connectivity index (χ4n) is 3.73. The number of ketones is 1. The van der Waals surface area contributed by atoms with Gasteiger partial charge in [0, 0.05) is 13.0 Å². The number of thioether (sulfide) groups is 1. The van der Waals surface area contributed by atoms with Gasteiger partial charge < -0.3 is 0 Å². The predicted molar refractivity (Wildman–Crippen MR) is 107 cm³/mol. The van der Waals surface area contributed by atoms with Crippen molar-refractivity contribution in [1.29, 1.82) is 0 Å². The summed E-state index contributed by atoms with van der Waals surface area (Å²) in [4.78, 5) is 25.3. The van der Waals surface area contributed by atoms with E-state index in [-0.39, 0.29) is 10.8 Å². The van der Waals surface area contributed by atoms with E-state index in [0.717, 1.165) is 44.0 Å². The van der Waals surface area contributed by atoms with Gasteiger partial charge in [-0.05, 0) is 31.4 Å². The Hall–Kier alpha value is -2.15.